The van der Waals surface area contributed by atoms with E-state index >= 15 is 0 Å². The van der Waals surface area contributed by atoms with Crippen molar-refractivity contribution in [2.45, 2.75) is 32.4 Å². The van der Waals surface area contributed by atoms with Gasteiger partial charge in [0.2, 0.25) is 0 Å². The van der Waals surface area contributed by atoms with Crippen LogP contribution < -0.4 is 0 Å². The molecule has 5 heteroatoms. The fourth-order valence-electron chi connectivity index (χ4n) is 3.79. The topological polar surface area (TPSA) is 72.4 Å². The number of aromatic hydroxyl groups is 1. The van der Waals surface area contributed by atoms with Crippen LogP contribution in [0.2, 0.25) is 0 Å². The molecular weight excluding hydrogens is 326 g/mol. The van der Waals surface area contributed by atoms with Gasteiger partial charge in [0.25, 0.3) is 0 Å². The number of aryl methyl sites for hydroxylation is 1. The molecule has 1 saturated heterocycles. The predicted octanol–water partition coefficient (Wildman–Crippen LogP) is 3.00. The number of hydrogen-bond donors (Lipinski definition) is 3. The summed E-state index contributed by atoms with van der Waals surface area (Å²) in [6.45, 7) is 4.40. The van der Waals surface area contributed by atoms with Crippen LogP contribution in [0.25, 0.3) is 11.0 Å². The standard InChI is InChI=1S/C21H25N3O2/c1-14-2-4-15(5-3-14)10-16-8-9-24(12-20(16)26)13-21-22-18-7-6-17(25)11-19(18)23-21/h2-7,11,16,20,25-26H,8-10,12-13H2,1H3,(H,22,23)/t16-,20+/m1/s1. The molecule has 26 heavy (non-hydrogen) atoms. The van der Waals surface area contributed by atoms with E-state index in [1.54, 1.807) is 12.1 Å². The Morgan fingerprint density at radius 1 is 1.19 bits per heavy atom. The van der Waals surface area contributed by atoms with E-state index < -0.39 is 0 Å². The Labute approximate surface area is 153 Å². The summed E-state index contributed by atoms with van der Waals surface area (Å²) in [7, 11) is 0. The quantitative estimate of drug-likeness (QED) is 0.676. The number of aliphatic hydroxyl groups is 1. The number of rotatable bonds is 4. The van der Waals surface area contributed by atoms with Gasteiger partial charge in [-0.05, 0) is 49.9 Å². The van der Waals surface area contributed by atoms with E-state index in [4.69, 9.17) is 0 Å². The molecule has 2 atom stereocenters. The highest BCUT2D eigenvalue weighted by Gasteiger charge is 2.28. The van der Waals surface area contributed by atoms with E-state index in [-0.39, 0.29) is 11.9 Å². The molecule has 0 aliphatic carbocycles. The lowest BCUT2D eigenvalue weighted by Gasteiger charge is -2.35. The Morgan fingerprint density at radius 2 is 2.00 bits per heavy atom. The van der Waals surface area contributed by atoms with Crippen LogP contribution in [0.4, 0.5) is 0 Å². The number of aromatic nitrogens is 2. The van der Waals surface area contributed by atoms with Gasteiger partial charge < -0.3 is 15.2 Å². The molecule has 4 rings (SSSR count). The number of benzene rings is 2. The van der Waals surface area contributed by atoms with Crippen LogP contribution in [0.1, 0.15) is 23.4 Å². The number of β-amino-alcohol motifs (C(OH)–C–C–N with tert-alkyl or cyclic N) is 1. The van der Waals surface area contributed by atoms with Crippen LogP contribution in [0.5, 0.6) is 5.75 Å². The summed E-state index contributed by atoms with van der Waals surface area (Å²) in [6.07, 6.45) is 1.59. The summed E-state index contributed by atoms with van der Waals surface area (Å²) in [5.41, 5.74) is 4.26. The Hall–Kier alpha value is -2.37. The van der Waals surface area contributed by atoms with E-state index in [1.165, 1.54) is 11.1 Å². The highest BCUT2D eigenvalue weighted by Crippen LogP contribution is 2.24. The molecular formula is C21H25N3O2. The second kappa shape index (κ2) is 7.09. The second-order valence-electron chi connectivity index (χ2n) is 7.43. The number of phenols is 1. The normalized spacial score (nSPS) is 21.3. The molecule has 5 nitrogen and oxygen atoms in total. The molecule has 3 aromatic rings. The first-order chi connectivity index (χ1) is 12.6. The maximum absolute atomic E-state index is 10.6. The van der Waals surface area contributed by atoms with Gasteiger partial charge in [-0.3, -0.25) is 4.90 Å². The van der Waals surface area contributed by atoms with Gasteiger partial charge in [-0.25, -0.2) is 4.98 Å². The molecule has 2 aromatic carbocycles. The molecule has 0 radical (unpaired) electrons. The number of imidazole rings is 1. The number of piperidine rings is 1. The van der Waals surface area contributed by atoms with Crippen molar-refractivity contribution >= 4 is 11.0 Å². The average molecular weight is 351 g/mol. The van der Waals surface area contributed by atoms with E-state index in [9.17, 15) is 10.2 Å². The molecule has 1 fully saturated rings. The number of nitrogens with one attached hydrogen (secondary N) is 1. The van der Waals surface area contributed by atoms with Crippen LogP contribution in [-0.2, 0) is 13.0 Å². The predicted molar refractivity (Wildman–Crippen MR) is 102 cm³/mol. The molecule has 1 aliphatic rings. The number of fused-ring (bicyclic) bond motifs is 1. The van der Waals surface area contributed by atoms with Crippen molar-refractivity contribution < 1.29 is 10.2 Å². The van der Waals surface area contributed by atoms with Gasteiger partial charge in [0.15, 0.2) is 0 Å². The van der Waals surface area contributed by atoms with Crippen LogP contribution in [0.15, 0.2) is 42.5 Å². The third-order valence-electron chi connectivity index (χ3n) is 5.31. The number of nitrogens with zero attached hydrogens (tertiary/aromatic N) is 2. The van der Waals surface area contributed by atoms with Crippen molar-refractivity contribution in [3.05, 3.63) is 59.4 Å². The number of hydrogen-bond acceptors (Lipinski definition) is 4. The average Bonchev–Trinajstić information content (AvgIpc) is 3.00. The molecule has 0 bridgehead atoms. The van der Waals surface area contributed by atoms with Crippen molar-refractivity contribution in [1.82, 2.24) is 14.9 Å². The fraction of sp³-hybridized carbons (Fsp3) is 0.381. The van der Waals surface area contributed by atoms with Gasteiger partial charge in [-0.15, -0.1) is 0 Å². The summed E-state index contributed by atoms with van der Waals surface area (Å²) in [6, 6.07) is 13.7. The van der Waals surface area contributed by atoms with Crippen molar-refractivity contribution in [3.8, 4) is 5.75 Å². The minimum Gasteiger partial charge on any atom is -0.508 e. The maximum Gasteiger partial charge on any atom is 0.121 e. The summed E-state index contributed by atoms with van der Waals surface area (Å²) >= 11 is 0. The van der Waals surface area contributed by atoms with Gasteiger partial charge in [-0.2, -0.15) is 0 Å². The molecule has 3 N–H and O–H groups in total. The highest BCUT2D eigenvalue weighted by atomic mass is 16.3. The largest absolute Gasteiger partial charge is 0.508 e. The van der Waals surface area contributed by atoms with Gasteiger partial charge in [0.05, 0.1) is 23.7 Å². The minimum atomic E-state index is -0.321. The first-order valence-corrected chi connectivity index (χ1v) is 9.20. The Bertz CT molecular complexity index is 888. The molecule has 0 amide bonds. The Kier molecular flexibility index (Phi) is 4.66. The number of likely N-dealkylation sites (tertiary alicyclic amines) is 1. The second-order valence-corrected chi connectivity index (χ2v) is 7.43. The maximum atomic E-state index is 10.6. The lowest BCUT2D eigenvalue weighted by atomic mass is 9.87. The van der Waals surface area contributed by atoms with Gasteiger partial charge in [0, 0.05) is 12.6 Å². The van der Waals surface area contributed by atoms with Crippen molar-refractivity contribution in [2.24, 2.45) is 5.92 Å². The van der Waals surface area contributed by atoms with E-state index in [0.29, 0.717) is 19.0 Å². The number of phenolic OH excluding ortho intramolecular Hbond substituents is 1. The molecule has 1 aliphatic heterocycles. The summed E-state index contributed by atoms with van der Waals surface area (Å²) in [5.74, 6) is 1.41. The van der Waals surface area contributed by atoms with Crippen LogP contribution in [0, 0.1) is 12.8 Å². The van der Waals surface area contributed by atoms with E-state index in [2.05, 4.69) is 46.1 Å². The molecule has 0 saturated carbocycles. The Morgan fingerprint density at radius 3 is 2.77 bits per heavy atom. The van der Waals surface area contributed by atoms with E-state index in [0.717, 1.165) is 36.2 Å². The SMILES string of the molecule is Cc1ccc(C[C@H]2CCN(Cc3nc4ccc(O)cc4[nH]3)C[C@@H]2O)cc1. The lowest BCUT2D eigenvalue weighted by Crippen LogP contribution is -2.44. The molecule has 2 heterocycles. The smallest absolute Gasteiger partial charge is 0.121 e. The first kappa shape index (κ1) is 17.1. The third-order valence-corrected chi connectivity index (χ3v) is 5.31. The molecule has 0 unspecified atom stereocenters. The summed E-state index contributed by atoms with van der Waals surface area (Å²) in [5, 5.41) is 20.2. The summed E-state index contributed by atoms with van der Waals surface area (Å²) < 4.78 is 0. The van der Waals surface area contributed by atoms with Crippen LogP contribution >= 0.6 is 0 Å². The molecule has 1 aromatic heterocycles. The zero-order chi connectivity index (χ0) is 18.1. The van der Waals surface area contributed by atoms with Gasteiger partial charge >= 0.3 is 0 Å². The Balaban J connectivity index is 1.37. The third kappa shape index (κ3) is 3.74. The number of H-pyrrole nitrogens is 1. The monoisotopic (exact) mass is 351 g/mol. The molecule has 136 valence electrons. The van der Waals surface area contributed by atoms with Crippen molar-refractivity contribution in [3.63, 3.8) is 0 Å². The van der Waals surface area contributed by atoms with Crippen molar-refractivity contribution in [2.75, 3.05) is 13.1 Å². The number of aromatic amines is 1. The van der Waals surface area contributed by atoms with Gasteiger partial charge in [-0.1, -0.05) is 29.8 Å². The first-order valence-electron chi connectivity index (χ1n) is 9.20. The lowest BCUT2D eigenvalue weighted by molar-refractivity contribution is 0.0179. The van der Waals surface area contributed by atoms with E-state index in [1.807, 2.05) is 6.07 Å². The zero-order valence-electron chi connectivity index (χ0n) is 15.0. The van der Waals surface area contributed by atoms with Crippen LogP contribution in [-0.4, -0.2) is 44.3 Å². The highest BCUT2D eigenvalue weighted by molar-refractivity contribution is 5.76. The molecule has 0 spiro atoms. The van der Waals surface area contributed by atoms with Crippen molar-refractivity contribution in [1.29, 1.82) is 0 Å². The summed E-state index contributed by atoms with van der Waals surface area (Å²) in [4.78, 5) is 10.1. The fourth-order valence-corrected chi connectivity index (χ4v) is 3.79. The van der Waals surface area contributed by atoms with Crippen LogP contribution in [0.3, 0.4) is 0 Å². The van der Waals surface area contributed by atoms with Gasteiger partial charge in [0.1, 0.15) is 11.6 Å². The number of aliphatic hydroxyl groups excluding tert-OH is 1. The zero-order valence-corrected chi connectivity index (χ0v) is 15.0. The minimum absolute atomic E-state index is 0.236.